The molecule has 2 aromatic rings. The van der Waals surface area contributed by atoms with Crippen molar-refractivity contribution in [1.29, 1.82) is 0 Å². The largest absolute Gasteiger partial charge is 0.398 e. The number of benzene rings is 2. The van der Waals surface area contributed by atoms with Gasteiger partial charge < -0.3 is 5.73 Å². The lowest BCUT2D eigenvalue weighted by molar-refractivity contribution is 0.576. The maximum atomic E-state index is 6.28. The van der Waals surface area contributed by atoms with E-state index in [2.05, 4.69) is 44.2 Å². The van der Waals surface area contributed by atoms with Crippen molar-refractivity contribution >= 4 is 16.5 Å². The molecule has 0 bridgehead atoms. The molecule has 0 amide bonds. The first-order valence-corrected chi connectivity index (χ1v) is 12.6. The SMILES string of the molecule is CCCCCCCCCCc1ccc(N)c2ccc(CCCCCCCC)cc12. The molecule has 1 nitrogen and oxygen atoms in total. The zero-order valence-electron chi connectivity index (χ0n) is 19.3. The van der Waals surface area contributed by atoms with E-state index in [1.807, 2.05) is 0 Å². The third kappa shape index (κ3) is 8.81. The van der Waals surface area contributed by atoms with Gasteiger partial charge in [0.05, 0.1) is 0 Å². The smallest absolute Gasteiger partial charge is 0.0393 e. The Kier molecular flexibility index (Phi) is 11.9. The lowest BCUT2D eigenvalue weighted by Crippen LogP contribution is -1.95. The van der Waals surface area contributed by atoms with Crippen molar-refractivity contribution in [2.45, 2.75) is 117 Å². The lowest BCUT2D eigenvalue weighted by atomic mass is 9.95. The highest BCUT2D eigenvalue weighted by molar-refractivity contribution is 5.95. The van der Waals surface area contributed by atoms with Gasteiger partial charge in [0.1, 0.15) is 0 Å². The van der Waals surface area contributed by atoms with E-state index >= 15 is 0 Å². The molecule has 0 unspecified atom stereocenters. The summed E-state index contributed by atoms with van der Waals surface area (Å²) in [5.41, 5.74) is 10.2. The van der Waals surface area contributed by atoms with Crippen LogP contribution in [0.3, 0.4) is 0 Å². The fraction of sp³-hybridized carbons (Fsp3) is 0.643. The molecule has 0 atom stereocenters. The van der Waals surface area contributed by atoms with Crippen LogP contribution in [0.1, 0.15) is 115 Å². The number of anilines is 1. The normalized spacial score (nSPS) is 11.4. The first kappa shape index (κ1) is 23.8. The molecule has 162 valence electrons. The summed E-state index contributed by atoms with van der Waals surface area (Å²) in [7, 11) is 0. The van der Waals surface area contributed by atoms with Gasteiger partial charge in [-0.3, -0.25) is 0 Å². The van der Waals surface area contributed by atoms with Crippen LogP contribution in [0.5, 0.6) is 0 Å². The van der Waals surface area contributed by atoms with E-state index in [9.17, 15) is 0 Å². The highest BCUT2D eigenvalue weighted by Crippen LogP contribution is 2.28. The summed E-state index contributed by atoms with van der Waals surface area (Å²) in [6.07, 6.45) is 21.6. The Morgan fingerprint density at radius 3 is 1.72 bits per heavy atom. The monoisotopic (exact) mass is 395 g/mol. The molecule has 0 saturated heterocycles. The molecule has 0 spiro atoms. The molecule has 0 heterocycles. The number of hydrogen-bond acceptors (Lipinski definition) is 1. The van der Waals surface area contributed by atoms with Gasteiger partial charge in [-0.05, 0) is 48.3 Å². The maximum Gasteiger partial charge on any atom is 0.0393 e. The lowest BCUT2D eigenvalue weighted by Gasteiger charge is -2.11. The Balaban J connectivity index is 1.85. The van der Waals surface area contributed by atoms with Gasteiger partial charge in [0, 0.05) is 11.1 Å². The zero-order valence-corrected chi connectivity index (χ0v) is 19.3. The number of nitrogen functional groups attached to an aromatic ring is 1. The molecule has 0 aliphatic carbocycles. The molecule has 2 rings (SSSR count). The van der Waals surface area contributed by atoms with Crippen molar-refractivity contribution < 1.29 is 0 Å². The van der Waals surface area contributed by atoms with Crippen LogP contribution in [-0.2, 0) is 12.8 Å². The van der Waals surface area contributed by atoms with E-state index in [-0.39, 0.29) is 0 Å². The minimum Gasteiger partial charge on any atom is -0.398 e. The molecule has 2 aromatic carbocycles. The summed E-state index contributed by atoms with van der Waals surface area (Å²) in [5, 5.41) is 2.64. The standard InChI is InChI=1S/C28H45N/c1-3-5-7-9-11-12-14-16-18-25-20-22-28(29)26-21-19-24(23-27(25)26)17-15-13-10-8-6-4-2/h19-23H,3-18,29H2,1-2H3. The number of nitrogens with two attached hydrogens (primary N) is 1. The quantitative estimate of drug-likeness (QED) is 0.223. The molecule has 0 aliphatic rings. The fourth-order valence-corrected chi connectivity index (χ4v) is 4.41. The van der Waals surface area contributed by atoms with Gasteiger partial charge in [0.25, 0.3) is 0 Å². The Morgan fingerprint density at radius 2 is 1.10 bits per heavy atom. The van der Waals surface area contributed by atoms with E-state index < -0.39 is 0 Å². The summed E-state index contributed by atoms with van der Waals surface area (Å²) < 4.78 is 0. The summed E-state index contributed by atoms with van der Waals surface area (Å²) in [6, 6.07) is 11.4. The van der Waals surface area contributed by atoms with Gasteiger partial charge in [-0.15, -0.1) is 0 Å². The summed E-state index contributed by atoms with van der Waals surface area (Å²) in [4.78, 5) is 0. The molecular formula is C28H45N. The van der Waals surface area contributed by atoms with Gasteiger partial charge in [-0.25, -0.2) is 0 Å². The number of fused-ring (bicyclic) bond motifs is 1. The van der Waals surface area contributed by atoms with Gasteiger partial charge in [-0.2, -0.15) is 0 Å². The molecule has 0 aliphatic heterocycles. The van der Waals surface area contributed by atoms with Crippen LogP contribution in [0, 0.1) is 0 Å². The average Bonchev–Trinajstić information content (AvgIpc) is 2.74. The van der Waals surface area contributed by atoms with Crippen LogP contribution in [-0.4, -0.2) is 0 Å². The Hall–Kier alpha value is -1.50. The highest BCUT2D eigenvalue weighted by Gasteiger charge is 2.06. The van der Waals surface area contributed by atoms with Crippen LogP contribution < -0.4 is 5.73 Å². The highest BCUT2D eigenvalue weighted by atomic mass is 14.5. The first-order chi connectivity index (χ1) is 14.3. The van der Waals surface area contributed by atoms with Crippen LogP contribution in [0.15, 0.2) is 30.3 Å². The predicted octanol–water partition coefficient (Wildman–Crippen LogP) is 9.01. The summed E-state index contributed by atoms with van der Waals surface area (Å²) >= 11 is 0. The minimum absolute atomic E-state index is 0.922. The second-order valence-corrected chi connectivity index (χ2v) is 8.94. The average molecular weight is 396 g/mol. The molecule has 1 heteroatoms. The number of hydrogen-bond donors (Lipinski definition) is 1. The predicted molar refractivity (Wildman–Crippen MR) is 132 cm³/mol. The maximum absolute atomic E-state index is 6.28. The molecule has 29 heavy (non-hydrogen) atoms. The van der Waals surface area contributed by atoms with Crippen LogP contribution in [0.25, 0.3) is 10.8 Å². The molecule has 2 N–H and O–H groups in total. The van der Waals surface area contributed by atoms with Crippen molar-refractivity contribution in [2.75, 3.05) is 5.73 Å². The number of aryl methyl sites for hydroxylation is 2. The van der Waals surface area contributed by atoms with Gasteiger partial charge in [0.2, 0.25) is 0 Å². The minimum atomic E-state index is 0.922. The van der Waals surface area contributed by atoms with E-state index in [0.29, 0.717) is 0 Å². The second kappa shape index (κ2) is 14.5. The van der Waals surface area contributed by atoms with Crippen molar-refractivity contribution in [3.8, 4) is 0 Å². The van der Waals surface area contributed by atoms with Crippen molar-refractivity contribution in [2.24, 2.45) is 0 Å². The fourth-order valence-electron chi connectivity index (χ4n) is 4.41. The van der Waals surface area contributed by atoms with E-state index in [4.69, 9.17) is 5.73 Å². The van der Waals surface area contributed by atoms with Crippen molar-refractivity contribution in [1.82, 2.24) is 0 Å². The number of unbranched alkanes of at least 4 members (excludes halogenated alkanes) is 12. The van der Waals surface area contributed by atoms with E-state index in [1.165, 1.54) is 125 Å². The first-order valence-electron chi connectivity index (χ1n) is 12.6. The third-order valence-electron chi connectivity index (χ3n) is 6.32. The summed E-state index contributed by atoms with van der Waals surface area (Å²) in [5.74, 6) is 0. The Bertz CT molecular complexity index is 688. The van der Waals surface area contributed by atoms with Crippen molar-refractivity contribution in [3.63, 3.8) is 0 Å². The second-order valence-electron chi connectivity index (χ2n) is 8.94. The van der Waals surface area contributed by atoms with Crippen LogP contribution >= 0.6 is 0 Å². The summed E-state index contributed by atoms with van der Waals surface area (Å²) in [6.45, 7) is 4.57. The molecule has 0 aromatic heterocycles. The molecular weight excluding hydrogens is 350 g/mol. The Morgan fingerprint density at radius 1 is 0.552 bits per heavy atom. The van der Waals surface area contributed by atoms with Crippen molar-refractivity contribution in [3.05, 3.63) is 41.5 Å². The topological polar surface area (TPSA) is 26.0 Å². The van der Waals surface area contributed by atoms with Crippen LogP contribution in [0.4, 0.5) is 5.69 Å². The number of rotatable bonds is 16. The molecule has 0 radical (unpaired) electrons. The van der Waals surface area contributed by atoms with Gasteiger partial charge in [0.15, 0.2) is 0 Å². The Labute approximate surface area is 180 Å². The third-order valence-corrected chi connectivity index (χ3v) is 6.32. The molecule has 0 fully saturated rings. The van der Waals surface area contributed by atoms with Gasteiger partial charge in [-0.1, -0.05) is 115 Å². The van der Waals surface area contributed by atoms with E-state index in [0.717, 1.165) is 5.69 Å². The van der Waals surface area contributed by atoms with Gasteiger partial charge >= 0.3 is 0 Å². The van der Waals surface area contributed by atoms with E-state index in [1.54, 1.807) is 0 Å². The van der Waals surface area contributed by atoms with Crippen LogP contribution in [0.2, 0.25) is 0 Å². The molecule has 0 saturated carbocycles. The zero-order chi connectivity index (χ0) is 20.7.